The molecule has 3 rings (SSSR count). The van der Waals surface area contributed by atoms with Crippen molar-refractivity contribution < 1.29 is 9.53 Å². The molecule has 2 heterocycles. The number of esters is 1. The predicted octanol–water partition coefficient (Wildman–Crippen LogP) is 5.44. The van der Waals surface area contributed by atoms with E-state index in [2.05, 4.69) is 10.3 Å². The van der Waals surface area contributed by atoms with Gasteiger partial charge in [-0.3, -0.25) is 4.79 Å². The largest absolute Gasteiger partial charge is 0.462 e. The Kier molecular flexibility index (Phi) is 6.90. The Balaban J connectivity index is 2.20. The molecule has 0 fully saturated rings. The molecular formula is C22H23Cl2N3O3. The number of carbonyl (C=O) groups is 1. The summed E-state index contributed by atoms with van der Waals surface area (Å²) in [5, 5.41) is 4.23. The molecule has 3 aromatic rings. The van der Waals surface area contributed by atoms with Crippen LogP contribution in [-0.2, 0) is 4.74 Å². The van der Waals surface area contributed by atoms with Crippen molar-refractivity contribution in [1.29, 1.82) is 0 Å². The van der Waals surface area contributed by atoms with Crippen LogP contribution in [0.5, 0.6) is 0 Å². The van der Waals surface area contributed by atoms with Crippen molar-refractivity contribution in [2.45, 2.75) is 32.9 Å². The number of carbonyl (C=O) groups excluding carboxylic acids is 1. The number of hydrogen-bond donors (Lipinski definition) is 2. The van der Waals surface area contributed by atoms with Gasteiger partial charge in [-0.05, 0) is 50.6 Å². The van der Waals surface area contributed by atoms with E-state index in [9.17, 15) is 9.59 Å². The van der Waals surface area contributed by atoms with Crippen molar-refractivity contribution in [3.63, 3.8) is 0 Å². The molecule has 0 saturated heterocycles. The Bertz CT molecular complexity index is 1090. The van der Waals surface area contributed by atoms with Crippen LogP contribution in [-0.4, -0.2) is 22.1 Å². The van der Waals surface area contributed by atoms with Gasteiger partial charge < -0.3 is 19.6 Å². The molecule has 30 heavy (non-hydrogen) atoms. The van der Waals surface area contributed by atoms with Crippen molar-refractivity contribution in [3.05, 3.63) is 86.0 Å². The maximum atomic E-state index is 12.7. The smallest absolute Gasteiger partial charge is 0.340 e. The Hall–Kier alpha value is -2.70. The number of nitrogens with zero attached hydrogens (tertiary/aromatic N) is 1. The van der Waals surface area contributed by atoms with E-state index >= 15 is 0 Å². The van der Waals surface area contributed by atoms with Gasteiger partial charge in [-0.2, -0.15) is 0 Å². The minimum atomic E-state index is -0.529. The third-order valence-corrected chi connectivity index (χ3v) is 5.12. The maximum Gasteiger partial charge on any atom is 0.340 e. The number of pyridine rings is 1. The zero-order valence-electron chi connectivity index (χ0n) is 16.9. The fourth-order valence-corrected chi connectivity index (χ4v) is 3.57. The number of aromatic amines is 1. The number of rotatable bonds is 7. The summed E-state index contributed by atoms with van der Waals surface area (Å²) in [5.41, 5.74) is 1.90. The van der Waals surface area contributed by atoms with E-state index in [0.717, 1.165) is 5.56 Å². The molecule has 0 spiro atoms. The number of hydrogen-bond acceptors (Lipinski definition) is 4. The SMILES string of the molecule is CCOC(=O)c1ccn(C(C)C)c1C(Nc1cc(Cl)c[nH]c1=O)c1ccc(Cl)cc1. The monoisotopic (exact) mass is 447 g/mol. The lowest BCUT2D eigenvalue weighted by atomic mass is 9.99. The van der Waals surface area contributed by atoms with E-state index in [0.29, 0.717) is 21.3 Å². The highest BCUT2D eigenvalue weighted by atomic mass is 35.5. The Morgan fingerprint density at radius 1 is 1.17 bits per heavy atom. The van der Waals surface area contributed by atoms with E-state index in [1.54, 1.807) is 31.2 Å². The van der Waals surface area contributed by atoms with E-state index in [1.807, 2.05) is 36.7 Å². The molecule has 158 valence electrons. The van der Waals surface area contributed by atoms with Crippen LogP contribution >= 0.6 is 23.2 Å². The first-order valence-corrected chi connectivity index (χ1v) is 10.4. The summed E-state index contributed by atoms with van der Waals surface area (Å²) in [6, 6.07) is 10.1. The first-order chi connectivity index (χ1) is 14.3. The van der Waals surface area contributed by atoms with Crippen LogP contribution in [0.25, 0.3) is 0 Å². The standard InChI is InChI=1S/C22H23Cl2N3O3/c1-4-30-22(29)17-9-10-27(13(2)3)20(17)19(14-5-7-15(23)8-6-14)26-18-11-16(24)12-25-21(18)28/h5-13,19,26H,4H2,1-3H3,(H,25,28). The third-order valence-electron chi connectivity index (χ3n) is 4.65. The molecule has 1 aromatic carbocycles. The highest BCUT2D eigenvalue weighted by Gasteiger charge is 2.27. The minimum Gasteiger partial charge on any atom is -0.462 e. The third kappa shape index (κ3) is 4.71. The zero-order chi connectivity index (χ0) is 21.8. The van der Waals surface area contributed by atoms with Gasteiger partial charge in [0.25, 0.3) is 5.56 Å². The van der Waals surface area contributed by atoms with Crippen molar-refractivity contribution >= 4 is 34.9 Å². The fourth-order valence-electron chi connectivity index (χ4n) is 3.28. The molecule has 1 atom stereocenters. The second kappa shape index (κ2) is 9.41. The summed E-state index contributed by atoms with van der Waals surface area (Å²) >= 11 is 12.2. The maximum absolute atomic E-state index is 12.7. The molecule has 2 aromatic heterocycles. The summed E-state index contributed by atoms with van der Waals surface area (Å²) < 4.78 is 7.25. The highest BCUT2D eigenvalue weighted by molar-refractivity contribution is 6.30. The first-order valence-electron chi connectivity index (χ1n) is 9.59. The molecule has 6 nitrogen and oxygen atoms in total. The molecular weight excluding hydrogens is 425 g/mol. The van der Waals surface area contributed by atoms with Gasteiger partial charge in [-0.25, -0.2) is 4.79 Å². The van der Waals surface area contributed by atoms with Crippen LogP contribution in [0, 0.1) is 0 Å². The summed E-state index contributed by atoms with van der Waals surface area (Å²) in [5.74, 6) is -0.423. The van der Waals surface area contributed by atoms with Gasteiger partial charge in [-0.1, -0.05) is 35.3 Å². The molecule has 0 radical (unpaired) electrons. The van der Waals surface area contributed by atoms with Gasteiger partial charge in [-0.15, -0.1) is 0 Å². The lowest BCUT2D eigenvalue weighted by molar-refractivity contribution is 0.0524. The highest BCUT2D eigenvalue weighted by Crippen LogP contribution is 2.32. The molecule has 0 aliphatic rings. The number of nitrogens with one attached hydrogen (secondary N) is 2. The Morgan fingerprint density at radius 2 is 1.87 bits per heavy atom. The molecule has 0 aliphatic carbocycles. The number of benzene rings is 1. The van der Waals surface area contributed by atoms with E-state index in [1.165, 1.54) is 6.20 Å². The van der Waals surface area contributed by atoms with Crippen molar-refractivity contribution in [3.8, 4) is 0 Å². The average Bonchev–Trinajstić information content (AvgIpc) is 3.15. The van der Waals surface area contributed by atoms with E-state index in [-0.39, 0.29) is 23.9 Å². The number of halogens is 2. The zero-order valence-corrected chi connectivity index (χ0v) is 18.4. The predicted molar refractivity (Wildman–Crippen MR) is 120 cm³/mol. The molecule has 0 bridgehead atoms. The van der Waals surface area contributed by atoms with Crippen LogP contribution in [0.3, 0.4) is 0 Å². The summed E-state index contributed by atoms with van der Waals surface area (Å²) in [4.78, 5) is 27.7. The fraction of sp³-hybridized carbons (Fsp3) is 0.273. The van der Waals surface area contributed by atoms with Crippen molar-refractivity contribution in [2.75, 3.05) is 11.9 Å². The quantitative estimate of drug-likeness (QED) is 0.472. The van der Waals surface area contributed by atoms with Crippen molar-refractivity contribution in [1.82, 2.24) is 9.55 Å². The van der Waals surface area contributed by atoms with E-state index < -0.39 is 12.0 Å². The number of aromatic nitrogens is 2. The molecule has 0 saturated carbocycles. The average molecular weight is 448 g/mol. The molecule has 0 amide bonds. The van der Waals surface area contributed by atoms with Crippen LogP contribution in [0.4, 0.5) is 5.69 Å². The summed E-state index contributed by atoms with van der Waals surface area (Å²) in [6.07, 6.45) is 3.27. The molecule has 8 heteroatoms. The lowest BCUT2D eigenvalue weighted by Crippen LogP contribution is -2.24. The second-order valence-electron chi connectivity index (χ2n) is 7.03. The number of H-pyrrole nitrogens is 1. The topological polar surface area (TPSA) is 76.1 Å². The Labute approximate surface area is 184 Å². The van der Waals surface area contributed by atoms with Gasteiger partial charge in [0.15, 0.2) is 0 Å². The van der Waals surface area contributed by atoms with Gasteiger partial charge >= 0.3 is 5.97 Å². The van der Waals surface area contributed by atoms with Crippen LogP contribution < -0.4 is 10.9 Å². The van der Waals surface area contributed by atoms with Gasteiger partial charge in [0.2, 0.25) is 0 Å². The second-order valence-corrected chi connectivity index (χ2v) is 7.90. The Morgan fingerprint density at radius 3 is 2.50 bits per heavy atom. The lowest BCUT2D eigenvalue weighted by Gasteiger charge is -2.25. The summed E-state index contributed by atoms with van der Waals surface area (Å²) in [7, 11) is 0. The van der Waals surface area contributed by atoms with Crippen LogP contribution in [0.15, 0.2) is 53.6 Å². The molecule has 0 aliphatic heterocycles. The van der Waals surface area contributed by atoms with Gasteiger partial charge in [0.05, 0.1) is 28.9 Å². The van der Waals surface area contributed by atoms with E-state index in [4.69, 9.17) is 27.9 Å². The minimum absolute atomic E-state index is 0.0671. The molecule has 1 unspecified atom stereocenters. The van der Waals surface area contributed by atoms with Gasteiger partial charge in [0, 0.05) is 23.5 Å². The first kappa shape index (κ1) is 22.0. The number of anilines is 1. The normalized spacial score (nSPS) is 12.1. The number of ether oxygens (including phenoxy) is 1. The molecule has 2 N–H and O–H groups in total. The van der Waals surface area contributed by atoms with Gasteiger partial charge in [0.1, 0.15) is 5.69 Å². The van der Waals surface area contributed by atoms with Crippen LogP contribution in [0.2, 0.25) is 10.0 Å². The van der Waals surface area contributed by atoms with Crippen molar-refractivity contribution in [2.24, 2.45) is 0 Å². The summed E-state index contributed by atoms with van der Waals surface area (Å²) in [6.45, 7) is 6.06. The van der Waals surface area contributed by atoms with Crippen LogP contribution in [0.1, 0.15) is 54.5 Å².